The van der Waals surface area contributed by atoms with E-state index in [1.165, 1.54) is 12.1 Å². The van der Waals surface area contributed by atoms with E-state index >= 15 is 0 Å². The van der Waals surface area contributed by atoms with Crippen LogP contribution in [0.25, 0.3) is 10.9 Å². The van der Waals surface area contributed by atoms with Gasteiger partial charge >= 0.3 is 0 Å². The number of carbonyl (C=O) groups excluding carboxylic acids is 2. The number of rotatable bonds is 7. The number of aliphatic hydroxyl groups excluding tert-OH is 1. The van der Waals surface area contributed by atoms with Gasteiger partial charge in [-0.15, -0.1) is 0 Å². The molecule has 0 radical (unpaired) electrons. The molecule has 2 N–H and O–H groups in total. The second kappa shape index (κ2) is 10.3. The molecule has 2 saturated heterocycles. The first-order chi connectivity index (χ1) is 17.0. The molecule has 2 fully saturated rings. The quantitative estimate of drug-likeness (QED) is 0.495. The van der Waals surface area contributed by atoms with Crippen molar-refractivity contribution in [1.29, 1.82) is 0 Å². The van der Waals surface area contributed by atoms with E-state index in [-0.39, 0.29) is 36.1 Å². The molecule has 1 aromatic heterocycles. The molecule has 0 aliphatic carbocycles. The number of nitrogens with zero attached hydrogens (tertiary/aromatic N) is 2. The van der Waals surface area contributed by atoms with Crippen molar-refractivity contribution in [1.82, 2.24) is 14.8 Å². The number of aromatic nitrogens is 1. The molecule has 2 aliphatic heterocycles. The molecule has 3 heterocycles. The summed E-state index contributed by atoms with van der Waals surface area (Å²) in [6.07, 6.45) is 4.56. The fraction of sp³-hybridized carbons (Fsp3) is 0.429. The molecule has 35 heavy (non-hydrogen) atoms. The van der Waals surface area contributed by atoms with Crippen LogP contribution >= 0.6 is 0 Å². The van der Waals surface area contributed by atoms with Crippen LogP contribution < -0.4 is 0 Å². The number of H-pyrrole nitrogens is 1. The summed E-state index contributed by atoms with van der Waals surface area (Å²) in [7, 11) is 0. The first-order valence-electron chi connectivity index (χ1n) is 12.6. The van der Waals surface area contributed by atoms with Crippen LogP contribution in [0.2, 0.25) is 0 Å². The fourth-order valence-electron chi connectivity index (χ4n) is 5.63. The van der Waals surface area contributed by atoms with Gasteiger partial charge in [0.15, 0.2) is 5.78 Å². The van der Waals surface area contributed by atoms with Gasteiger partial charge in [-0.1, -0.05) is 12.1 Å². The highest BCUT2D eigenvalue weighted by Crippen LogP contribution is 2.27. The number of halogens is 1. The van der Waals surface area contributed by atoms with Gasteiger partial charge < -0.3 is 19.9 Å². The third-order valence-corrected chi connectivity index (χ3v) is 7.66. The van der Waals surface area contributed by atoms with Crippen molar-refractivity contribution in [2.24, 2.45) is 5.92 Å². The lowest BCUT2D eigenvalue weighted by atomic mass is 9.88. The number of amides is 1. The zero-order valence-electron chi connectivity index (χ0n) is 19.9. The van der Waals surface area contributed by atoms with E-state index in [4.69, 9.17) is 0 Å². The average Bonchev–Trinajstić information content (AvgIpc) is 3.54. The maximum atomic E-state index is 13.3. The minimum Gasteiger partial charge on any atom is -0.392 e. The van der Waals surface area contributed by atoms with Crippen molar-refractivity contribution in [3.05, 3.63) is 71.2 Å². The Morgan fingerprint density at radius 3 is 2.54 bits per heavy atom. The Kier molecular flexibility index (Phi) is 6.97. The van der Waals surface area contributed by atoms with Crippen LogP contribution in [-0.4, -0.2) is 63.8 Å². The molecule has 2 aromatic carbocycles. The molecule has 0 bridgehead atoms. The molecule has 0 spiro atoms. The molecule has 1 atom stereocenters. The van der Waals surface area contributed by atoms with Crippen LogP contribution in [-0.2, 0) is 6.61 Å². The van der Waals surface area contributed by atoms with Crippen LogP contribution in [0.1, 0.15) is 58.5 Å². The van der Waals surface area contributed by atoms with Gasteiger partial charge in [0.25, 0.3) is 5.91 Å². The molecule has 0 saturated carbocycles. The minimum atomic E-state index is -0.324. The number of piperidine rings is 1. The van der Waals surface area contributed by atoms with Crippen molar-refractivity contribution >= 4 is 22.6 Å². The maximum Gasteiger partial charge on any atom is 0.270 e. The monoisotopic (exact) mass is 477 g/mol. The summed E-state index contributed by atoms with van der Waals surface area (Å²) < 4.78 is 13.2. The predicted molar refractivity (Wildman–Crippen MR) is 133 cm³/mol. The SMILES string of the molecule is O=C(c1ccc(F)cc1)C1CCN(CC[C@@H]2CCCN2C(=O)c2cc3c(CO)cccc3[nH]2)CC1. The third kappa shape index (κ3) is 5.02. The number of ketones is 1. The van der Waals surface area contributed by atoms with Crippen LogP contribution in [0, 0.1) is 11.7 Å². The Labute approximate surface area is 204 Å². The third-order valence-electron chi connectivity index (χ3n) is 7.66. The first kappa shape index (κ1) is 23.7. The van der Waals surface area contributed by atoms with Gasteiger partial charge in [0.1, 0.15) is 11.5 Å². The normalized spacial score (nSPS) is 19.5. The molecule has 7 heteroatoms. The number of hydrogen-bond acceptors (Lipinski definition) is 4. The number of fused-ring (bicyclic) bond motifs is 1. The van der Waals surface area contributed by atoms with Crippen LogP contribution in [0.3, 0.4) is 0 Å². The summed E-state index contributed by atoms with van der Waals surface area (Å²) >= 11 is 0. The molecule has 184 valence electrons. The average molecular weight is 478 g/mol. The smallest absolute Gasteiger partial charge is 0.270 e. The van der Waals surface area contributed by atoms with E-state index < -0.39 is 0 Å². The fourth-order valence-corrected chi connectivity index (χ4v) is 5.63. The number of likely N-dealkylation sites (tertiary alicyclic amines) is 2. The molecule has 2 aliphatic rings. The van der Waals surface area contributed by atoms with Crippen molar-refractivity contribution < 1.29 is 19.1 Å². The zero-order chi connectivity index (χ0) is 24.4. The summed E-state index contributed by atoms with van der Waals surface area (Å²) in [6, 6.07) is 13.6. The Morgan fingerprint density at radius 2 is 1.80 bits per heavy atom. The van der Waals surface area contributed by atoms with Crippen LogP contribution in [0.5, 0.6) is 0 Å². The Morgan fingerprint density at radius 1 is 1.03 bits per heavy atom. The molecule has 0 unspecified atom stereocenters. The Balaban J connectivity index is 1.15. The van der Waals surface area contributed by atoms with Crippen LogP contribution in [0.4, 0.5) is 4.39 Å². The highest BCUT2D eigenvalue weighted by Gasteiger charge is 2.31. The van der Waals surface area contributed by atoms with E-state index in [1.807, 2.05) is 29.2 Å². The van der Waals surface area contributed by atoms with Crippen molar-refractivity contribution in [3.63, 3.8) is 0 Å². The summed E-state index contributed by atoms with van der Waals surface area (Å²) in [5.41, 5.74) is 2.85. The van der Waals surface area contributed by atoms with Crippen molar-refractivity contribution in [3.8, 4) is 0 Å². The van der Waals surface area contributed by atoms with E-state index in [9.17, 15) is 19.1 Å². The second-order valence-corrected chi connectivity index (χ2v) is 9.79. The lowest BCUT2D eigenvalue weighted by Crippen LogP contribution is -2.41. The van der Waals surface area contributed by atoms with Gasteiger partial charge in [-0.2, -0.15) is 0 Å². The predicted octanol–water partition coefficient (Wildman–Crippen LogP) is 4.39. The van der Waals surface area contributed by atoms with Gasteiger partial charge in [0, 0.05) is 41.5 Å². The number of hydrogen-bond donors (Lipinski definition) is 2. The summed E-state index contributed by atoms with van der Waals surface area (Å²) in [5, 5.41) is 10.5. The lowest BCUT2D eigenvalue weighted by Gasteiger charge is -2.33. The number of Topliss-reactive ketones (excluding diaryl/α,β-unsaturated/α-hetero) is 1. The van der Waals surface area contributed by atoms with Crippen molar-refractivity contribution in [2.75, 3.05) is 26.2 Å². The number of nitrogens with one attached hydrogen (secondary N) is 1. The summed E-state index contributed by atoms with van der Waals surface area (Å²) in [6.45, 7) is 3.35. The lowest BCUT2D eigenvalue weighted by molar-refractivity contribution is 0.0700. The van der Waals surface area contributed by atoms with E-state index in [0.717, 1.165) is 74.7 Å². The van der Waals surface area contributed by atoms with E-state index in [2.05, 4.69) is 9.88 Å². The van der Waals surface area contributed by atoms with E-state index in [1.54, 1.807) is 12.1 Å². The summed E-state index contributed by atoms with van der Waals surface area (Å²) in [5.74, 6) is -0.196. The molecule has 1 amide bonds. The van der Waals surface area contributed by atoms with Gasteiger partial charge in [0.2, 0.25) is 0 Å². The molecule has 6 nitrogen and oxygen atoms in total. The topological polar surface area (TPSA) is 76.6 Å². The van der Waals surface area contributed by atoms with Gasteiger partial charge in [-0.3, -0.25) is 9.59 Å². The Bertz CT molecular complexity index is 1200. The molecular weight excluding hydrogens is 445 g/mol. The first-order valence-corrected chi connectivity index (χ1v) is 12.6. The largest absolute Gasteiger partial charge is 0.392 e. The highest BCUT2D eigenvalue weighted by atomic mass is 19.1. The second-order valence-electron chi connectivity index (χ2n) is 9.79. The van der Waals surface area contributed by atoms with Crippen molar-refractivity contribution in [2.45, 2.75) is 44.8 Å². The molecular formula is C28H32FN3O3. The minimum absolute atomic E-state index is 0.00732. The van der Waals surface area contributed by atoms with Gasteiger partial charge in [-0.05, 0) is 87.2 Å². The van der Waals surface area contributed by atoms with Crippen LogP contribution in [0.15, 0.2) is 48.5 Å². The summed E-state index contributed by atoms with van der Waals surface area (Å²) in [4.78, 5) is 33.7. The van der Waals surface area contributed by atoms with Gasteiger partial charge in [0.05, 0.1) is 6.61 Å². The van der Waals surface area contributed by atoms with E-state index in [0.29, 0.717) is 11.3 Å². The Hall–Kier alpha value is -3.03. The number of benzene rings is 2. The van der Waals surface area contributed by atoms with Gasteiger partial charge in [-0.25, -0.2) is 4.39 Å². The molecule has 3 aromatic rings. The number of carbonyl (C=O) groups is 2. The number of aliphatic hydroxyl groups is 1. The standard InChI is InChI=1S/C28H32FN3O3/c29-22-8-6-19(7-9-22)27(34)20-10-14-31(15-11-20)16-12-23-4-2-13-32(23)28(35)26-17-24-21(18-33)3-1-5-25(24)30-26/h1,3,5-9,17,20,23,30,33H,2,4,10-16,18H2/t23-/m0/s1. The highest BCUT2D eigenvalue weighted by molar-refractivity contribution is 5.99. The number of aromatic amines is 1. The zero-order valence-corrected chi connectivity index (χ0v) is 19.9. The maximum absolute atomic E-state index is 13.3. The molecule has 5 rings (SSSR count).